The van der Waals surface area contributed by atoms with E-state index in [4.69, 9.17) is 4.98 Å². The molecule has 0 aliphatic heterocycles. The van der Waals surface area contributed by atoms with Gasteiger partial charge in [-0.15, -0.1) is 0 Å². The van der Waals surface area contributed by atoms with Gasteiger partial charge in [-0.25, -0.2) is 9.97 Å². The predicted octanol–water partition coefficient (Wildman–Crippen LogP) is 8.64. The van der Waals surface area contributed by atoms with Gasteiger partial charge in [0.1, 0.15) is 6.33 Å². The van der Waals surface area contributed by atoms with Crippen molar-refractivity contribution in [3.8, 4) is 22.4 Å². The van der Waals surface area contributed by atoms with E-state index in [1.807, 2.05) is 6.07 Å². The minimum atomic E-state index is 0.449. The molecule has 0 aliphatic carbocycles. The molecule has 1 aromatic heterocycles. The highest BCUT2D eigenvalue weighted by Crippen LogP contribution is 2.40. The van der Waals surface area contributed by atoms with Crippen molar-refractivity contribution in [2.45, 2.75) is 66.2 Å². The minimum Gasteiger partial charge on any atom is -0.236 e. The normalized spacial score (nSPS) is 11.8. The average molecular weight is 423 g/mol. The van der Waals surface area contributed by atoms with E-state index in [1.165, 1.54) is 33.4 Å². The first kappa shape index (κ1) is 22.2. The maximum atomic E-state index is 4.69. The summed E-state index contributed by atoms with van der Waals surface area (Å²) >= 11 is 0. The van der Waals surface area contributed by atoms with E-state index >= 15 is 0 Å². The molecule has 4 rings (SSSR count). The first-order valence-electron chi connectivity index (χ1n) is 11.8. The molecular weight excluding hydrogens is 388 g/mol. The van der Waals surface area contributed by atoms with Crippen LogP contribution in [-0.2, 0) is 0 Å². The SMILES string of the molecule is Cc1cc(-c2c(C(C)C)cc(C(C)C)cc2C(C)C)cc(-c2ncnc3ccccc23)c1. The van der Waals surface area contributed by atoms with E-state index in [0.29, 0.717) is 17.8 Å². The van der Waals surface area contributed by atoms with Gasteiger partial charge in [0.25, 0.3) is 0 Å². The molecule has 32 heavy (non-hydrogen) atoms. The van der Waals surface area contributed by atoms with Crippen LogP contribution in [0.4, 0.5) is 0 Å². The molecule has 0 saturated heterocycles. The summed E-state index contributed by atoms with van der Waals surface area (Å²) in [6.07, 6.45) is 1.68. The highest BCUT2D eigenvalue weighted by molar-refractivity contribution is 5.93. The van der Waals surface area contributed by atoms with Crippen LogP contribution in [0.5, 0.6) is 0 Å². The standard InChI is InChI=1S/C30H34N2/c1-18(2)22-15-26(19(3)4)29(27(16-22)20(5)6)23-12-21(7)13-24(14-23)30-25-10-8-9-11-28(25)31-17-32-30/h8-20H,1-7H3. The zero-order valence-corrected chi connectivity index (χ0v) is 20.4. The van der Waals surface area contributed by atoms with Crippen molar-refractivity contribution in [1.29, 1.82) is 0 Å². The molecule has 0 atom stereocenters. The molecule has 0 radical (unpaired) electrons. The predicted molar refractivity (Wildman–Crippen MR) is 137 cm³/mol. The number of rotatable bonds is 5. The molecule has 0 saturated carbocycles. The number of fused-ring (bicyclic) bond motifs is 1. The zero-order chi connectivity index (χ0) is 23.0. The number of aromatic nitrogens is 2. The Morgan fingerprint density at radius 2 is 1.28 bits per heavy atom. The van der Waals surface area contributed by atoms with Crippen molar-refractivity contribution in [2.75, 3.05) is 0 Å². The van der Waals surface area contributed by atoms with Gasteiger partial charge < -0.3 is 0 Å². The minimum absolute atomic E-state index is 0.449. The van der Waals surface area contributed by atoms with Crippen LogP contribution in [0.1, 0.15) is 81.5 Å². The zero-order valence-electron chi connectivity index (χ0n) is 20.4. The van der Waals surface area contributed by atoms with Gasteiger partial charge >= 0.3 is 0 Å². The van der Waals surface area contributed by atoms with Gasteiger partial charge in [-0.3, -0.25) is 0 Å². The molecule has 0 unspecified atom stereocenters. The number of benzene rings is 3. The van der Waals surface area contributed by atoms with Crippen molar-refractivity contribution in [1.82, 2.24) is 9.97 Å². The van der Waals surface area contributed by atoms with Gasteiger partial charge in [0.05, 0.1) is 11.2 Å². The topological polar surface area (TPSA) is 25.8 Å². The second kappa shape index (κ2) is 8.86. The second-order valence-electron chi connectivity index (χ2n) is 9.87. The lowest BCUT2D eigenvalue weighted by Crippen LogP contribution is -2.04. The third-order valence-corrected chi connectivity index (χ3v) is 6.31. The number of nitrogens with zero attached hydrogens (tertiary/aromatic N) is 2. The maximum Gasteiger partial charge on any atom is 0.116 e. The van der Waals surface area contributed by atoms with E-state index in [0.717, 1.165) is 22.2 Å². The van der Waals surface area contributed by atoms with E-state index in [-0.39, 0.29) is 0 Å². The Kier molecular flexibility index (Phi) is 6.15. The molecular formula is C30H34N2. The number of aryl methyl sites for hydroxylation is 1. The fourth-order valence-corrected chi connectivity index (χ4v) is 4.59. The van der Waals surface area contributed by atoms with E-state index in [1.54, 1.807) is 6.33 Å². The van der Waals surface area contributed by atoms with E-state index in [2.05, 4.69) is 102 Å². The average Bonchev–Trinajstić information content (AvgIpc) is 2.77. The van der Waals surface area contributed by atoms with E-state index < -0.39 is 0 Å². The van der Waals surface area contributed by atoms with Crippen LogP contribution in [0.3, 0.4) is 0 Å². The Bertz CT molecular complexity index is 1230. The van der Waals surface area contributed by atoms with Gasteiger partial charge in [-0.1, -0.05) is 77.9 Å². The van der Waals surface area contributed by atoms with Gasteiger partial charge in [0.2, 0.25) is 0 Å². The maximum absolute atomic E-state index is 4.69. The summed E-state index contributed by atoms with van der Waals surface area (Å²) in [6, 6.07) is 20.0. The van der Waals surface area contributed by atoms with Crippen LogP contribution in [0.25, 0.3) is 33.3 Å². The van der Waals surface area contributed by atoms with Crippen LogP contribution in [0.15, 0.2) is 60.9 Å². The molecule has 3 aromatic carbocycles. The fourth-order valence-electron chi connectivity index (χ4n) is 4.59. The Balaban J connectivity index is 2.00. The van der Waals surface area contributed by atoms with Crippen molar-refractivity contribution in [2.24, 2.45) is 0 Å². The molecule has 0 amide bonds. The molecule has 2 heteroatoms. The molecule has 0 spiro atoms. The smallest absolute Gasteiger partial charge is 0.116 e. The number of hydrogen-bond acceptors (Lipinski definition) is 2. The Morgan fingerprint density at radius 3 is 1.91 bits per heavy atom. The Morgan fingerprint density at radius 1 is 0.656 bits per heavy atom. The highest BCUT2D eigenvalue weighted by Gasteiger charge is 2.19. The van der Waals surface area contributed by atoms with Crippen molar-refractivity contribution >= 4 is 10.9 Å². The van der Waals surface area contributed by atoms with Crippen molar-refractivity contribution < 1.29 is 0 Å². The molecule has 1 heterocycles. The molecule has 0 aliphatic rings. The lowest BCUT2D eigenvalue weighted by Gasteiger charge is -2.24. The summed E-state index contributed by atoms with van der Waals surface area (Å²) in [7, 11) is 0. The van der Waals surface area contributed by atoms with Crippen LogP contribution >= 0.6 is 0 Å². The van der Waals surface area contributed by atoms with Gasteiger partial charge in [0.15, 0.2) is 0 Å². The van der Waals surface area contributed by atoms with Crippen LogP contribution < -0.4 is 0 Å². The molecule has 0 fully saturated rings. The first-order chi connectivity index (χ1) is 15.3. The van der Waals surface area contributed by atoms with Crippen molar-refractivity contribution in [3.63, 3.8) is 0 Å². The molecule has 0 bridgehead atoms. The number of hydrogen-bond donors (Lipinski definition) is 0. The summed E-state index contributed by atoms with van der Waals surface area (Å²) in [4.78, 5) is 9.15. The van der Waals surface area contributed by atoms with Crippen molar-refractivity contribution in [3.05, 3.63) is 83.2 Å². The summed E-state index contributed by atoms with van der Waals surface area (Å²) in [6.45, 7) is 16.0. The first-order valence-corrected chi connectivity index (χ1v) is 11.8. The van der Waals surface area contributed by atoms with Crippen LogP contribution in [0, 0.1) is 6.92 Å². The van der Waals surface area contributed by atoms with Crippen LogP contribution in [0.2, 0.25) is 0 Å². The summed E-state index contributed by atoms with van der Waals surface area (Å²) < 4.78 is 0. The largest absolute Gasteiger partial charge is 0.236 e. The Hall–Kier alpha value is -3.00. The number of para-hydroxylation sites is 1. The molecule has 4 aromatic rings. The highest BCUT2D eigenvalue weighted by atomic mass is 14.8. The Labute approximate surface area is 192 Å². The monoisotopic (exact) mass is 422 g/mol. The lowest BCUT2D eigenvalue weighted by molar-refractivity contribution is 0.807. The second-order valence-corrected chi connectivity index (χ2v) is 9.87. The third-order valence-electron chi connectivity index (χ3n) is 6.31. The molecule has 2 nitrogen and oxygen atoms in total. The molecule has 164 valence electrons. The summed E-state index contributed by atoms with van der Waals surface area (Å²) in [5, 5.41) is 1.09. The lowest BCUT2D eigenvalue weighted by atomic mass is 9.81. The third kappa shape index (κ3) is 4.19. The summed E-state index contributed by atoms with van der Waals surface area (Å²) in [5.74, 6) is 1.41. The van der Waals surface area contributed by atoms with E-state index in [9.17, 15) is 0 Å². The quantitative estimate of drug-likeness (QED) is 0.321. The fraction of sp³-hybridized carbons (Fsp3) is 0.333. The summed E-state index contributed by atoms with van der Waals surface area (Å²) in [5.41, 5.74) is 11.3. The van der Waals surface area contributed by atoms with Gasteiger partial charge in [0, 0.05) is 10.9 Å². The molecule has 0 N–H and O–H groups in total. The van der Waals surface area contributed by atoms with Gasteiger partial charge in [-0.05, 0) is 76.3 Å². The van der Waals surface area contributed by atoms with Gasteiger partial charge in [-0.2, -0.15) is 0 Å². The van der Waals surface area contributed by atoms with Crippen LogP contribution in [-0.4, -0.2) is 9.97 Å².